The fraction of sp³-hybridized carbons (Fsp3) is 0.300. The summed E-state index contributed by atoms with van der Waals surface area (Å²) in [5.74, 6) is -0.214. The van der Waals surface area contributed by atoms with E-state index in [1.807, 2.05) is 31.2 Å². The molecule has 5 heteroatoms. The minimum absolute atomic E-state index is 0.0122. The van der Waals surface area contributed by atoms with Crippen molar-refractivity contribution in [1.29, 1.82) is 0 Å². The van der Waals surface area contributed by atoms with Gasteiger partial charge in [0.05, 0.1) is 0 Å². The van der Waals surface area contributed by atoms with Crippen molar-refractivity contribution in [3.8, 4) is 11.1 Å². The first-order chi connectivity index (χ1) is 12.2. The molecule has 0 radical (unpaired) electrons. The van der Waals surface area contributed by atoms with Gasteiger partial charge in [-0.15, -0.1) is 0 Å². The predicted octanol–water partition coefficient (Wildman–Crippen LogP) is 3.05. The summed E-state index contributed by atoms with van der Waals surface area (Å²) in [6, 6.07) is 15.8. The standard InChI is InChI=1S/C20H22N2O3/c1-3-18(19(23)21-2)22-20(24)25-12-17-15-10-6-4-8-13(15)14-9-5-7-11-16(14)17/h4-11,17-18H,3,12H2,1-2H3,(H,21,23)(H,22,24)/t18-/m0/s1. The highest BCUT2D eigenvalue weighted by molar-refractivity contribution is 5.85. The smallest absolute Gasteiger partial charge is 0.407 e. The molecule has 1 atom stereocenters. The molecule has 1 aliphatic rings. The van der Waals surface area contributed by atoms with E-state index in [4.69, 9.17) is 4.74 Å². The Bertz CT molecular complexity index is 743. The Morgan fingerprint density at radius 3 is 2.12 bits per heavy atom. The fourth-order valence-electron chi connectivity index (χ4n) is 3.31. The Hall–Kier alpha value is -2.82. The molecule has 2 amide bonds. The van der Waals surface area contributed by atoms with Crippen LogP contribution in [0.1, 0.15) is 30.4 Å². The zero-order valence-corrected chi connectivity index (χ0v) is 14.4. The van der Waals surface area contributed by atoms with E-state index in [9.17, 15) is 9.59 Å². The highest BCUT2D eigenvalue weighted by Crippen LogP contribution is 2.44. The molecule has 0 saturated heterocycles. The molecule has 25 heavy (non-hydrogen) atoms. The molecule has 0 bridgehead atoms. The number of alkyl carbamates (subject to hydrolysis) is 1. The van der Waals surface area contributed by atoms with Gasteiger partial charge in [-0.05, 0) is 28.7 Å². The highest BCUT2D eigenvalue weighted by Gasteiger charge is 2.29. The van der Waals surface area contributed by atoms with Crippen molar-refractivity contribution >= 4 is 12.0 Å². The van der Waals surface area contributed by atoms with Crippen LogP contribution in [-0.4, -0.2) is 31.7 Å². The van der Waals surface area contributed by atoms with Crippen molar-refractivity contribution in [3.05, 3.63) is 59.7 Å². The van der Waals surface area contributed by atoms with E-state index in [-0.39, 0.29) is 18.4 Å². The van der Waals surface area contributed by atoms with Crippen molar-refractivity contribution in [2.75, 3.05) is 13.7 Å². The number of rotatable bonds is 5. The van der Waals surface area contributed by atoms with Crippen molar-refractivity contribution in [1.82, 2.24) is 10.6 Å². The maximum atomic E-state index is 12.1. The lowest BCUT2D eigenvalue weighted by atomic mass is 9.98. The summed E-state index contributed by atoms with van der Waals surface area (Å²) in [6.07, 6.45) is -0.0681. The van der Waals surface area contributed by atoms with Crippen LogP contribution in [0, 0.1) is 0 Å². The van der Waals surface area contributed by atoms with Gasteiger partial charge in [0, 0.05) is 13.0 Å². The first-order valence-electron chi connectivity index (χ1n) is 8.48. The van der Waals surface area contributed by atoms with Crippen LogP contribution in [-0.2, 0) is 9.53 Å². The maximum Gasteiger partial charge on any atom is 0.407 e. The average Bonchev–Trinajstić information content (AvgIpc) is 2.98. The molecule has 1 aliphatic carbocycles. The Kier molecular flexibility index (Phi) is 5.03. The van der Waals surface area contributed by atoms with E-state index >= 15 is 0 Å². The first-order valence-corrected chi connectivity index (χ1v) is 8.48. The van der Waals surface area contributed by atoms with Gasteiger partial charge in [-0.2, -0.15) is 0 Å². The number of benzene rings is 2. The van der Waals surface area contributed by atoms with Crippen LogP contribution >= 0.6 is 0 Å². The number of amides is 2. The Morgan fingerprint density at radius 2 is 1.60 bits per heavy atom. The largest absolute Gasteiger partial charge is 0.449 e. The van der Waals surface area contributed by atoms with Gasteiger partial charge in [0.2, 0.25) is 5.91 Å². The van der Waals surface area contributed by atoms with Gasteiger partial charge in [-0.3, -0.25) is 4.79 Å². The van der Waals surface area contributed by atoms with E-state index < -0.39 is 12.1 Å². The molecule has 0 fully saturated rings. The van der Waals surface area contributed by atoms with Crippen molar-refractivity contribution in [2.24, 2.45) is 0 Å². The van der Waals surface area contributed by atoms with Crippen LogP contribution < -0.4 is 10.6 Å². The molecule has 3 rings (SSSR count). The van der Waals surface area contributed by atoms with Gasteiger partial charge in [-0.1, -0.05) is 55.5 Å². The summed E-state index contributed by atoms with van der Waals surface area (Å²) in [4.78, 5) is 23.8. The molecule has 2 aromatic rings. The SMILES string of the molecule is CC[C@H](NC(=O)OCC1c2ccccc2-c2ccccc21)C(=O)NC. The Balaban J connectivity index is 1.71. The van der Waals surface area contributed by atoms with Crippen LogP contribution in [0.3, 0.4) is 0 Å². The minimum atomic E-state index is -0.583. The summed E-state index contributed by atoms with van der Waals surface area (Å²) < 4.78 is 5.44. The van der Waals surface area contributed by atoms with Crippen LogP contribution in [0.5, 0.6) is 0 Å². The third-order valence-corrected chi connectivity index (χ3v) is 4.61. The molecule has 2 aromatic carbocycles. The van der Waals surface area contributed by atoms with Gasteiger partial charge in [0.1, 0.15) is 12.6 Å². The molecule has 2 N–H and O–H groups in total. The average molecular weight is 338 g/mol. The monoisotopic (exact) mass is 338 g/mol. The third-order valence-electron chi connectivity index (χ3n) is 4.61. The number of likely N-dealkylation sites (N-methyl/N-ethyl adjacent to an activating group) is 1. The number of fused-ring (bicyclic) bond motifs is 3. The molecule has 0 heterocycles. The van der Waals surface area contributed by atoms with Crippen molar-refractivity contribution in [3.63, 3.8) is 0 Å². The zero-order valence-electron chi connectivity index (χ0n) is 14.4. The van der Waals surface area contributed by atoms with Crippen LogP contribution in [0.2, 0.25) is 0 Å². The maximum absolute atomic E-state index is 12.1. The van der Waals surface area contributed by atoms with E-state index in [1.165, 1.54) is 11.1 Å². The minimum Gasteiger partial charge on any atom is -0.449 e. The van der Waals surface area contributed by atoms with E-state index in [0.717, 1.165) is 11.1 Å². The van der Waals surface area contributed by atoms with Crippen LogP contribution in [0.15, 0.2) is 48.5 Å². The highest BCUT2D eigenvalue weighted by atomic mass is 16.5. The number of carbonyl (C=O) groups excluding carboxylic acids is 2. The quantitative estimate of drug-likeness (QED) is 0.880. The predicted molar refractivity (Wildman–Crippen MR) is 96.4 cm³/mol. The molecule has 0 unspecified atom stereocenters. The molecule has 0 saturated carbocycles. The van der Waals surface area contributed by atoms with Crippen LogP contribution in [0.25, 0.3) is 11.1 Å². The Labute approximate surface area is 147 Å². The summed E-state index contributed by atoms with van der Waals surface area (Å²) >= 11 is 0. The summed E-state index contributed by atoms with van der Waals surface area (Å²) in [6.45, 7) is 2.08. The van der Waals surface area contributed by atoms with Crippen LogP contribution in [0.4, 0.5) is 4.79 Å². The summed E-state index contributed by atoms with van der Waals surface area (Å²) in [7, 11) is 1.55. The number of nitrogens with one attached hydrogen (secondary N) is 2. The lowest BCUT2D eigenvalue weighted by molar-refractivity contribution is -0.122. The Morgan fingerprint density at radius 1 is 1.04 bits per heavy atom. The number of hydrogen-bond acceptors (Lipinski definition) is 3. The molecule has 130 valence electrons. The van der Waals surface area contributed by atoms with Gasteiger partial charge >= 0.3 is 6.09 Å². The van der Waals surface area contributed by atoms with E-state index in [1.54, 1.807) is 7.05 Å². The summed E-state index contributed by atoms with van der Waals surface area (Å²) in [5.41, 5.74) is 4.69. The molecular weight excluding hydrogens is 316 g/mol. The zero-order chi connectivity index (χ0) is 17.8. The number of carbonyl (C=O) groups is 2. The molecule has 0 aliphatic heterocycles. The second-order valence-corrected chi connectivity index (χ2v) is 6.04. The molecule has 0 aromatic heterocycles. The lowest BCUT2D eigenvalue weighted by Gasteiger charge is -2.18. The second kappa shape index (κ2) is 7.38. The fourth-order valence-corrected chi connectivity index (χ4v) is 3.31. The lowest BCUT2D eigenvalue weighted by Crippen LogP contribution is -2.45. The van der Waals surface area contributed by atoms with E-state index in [2.05, 4.69) is 34.9 Å². The third kappa shape index (κ3) is 3.36. The summed E-state index contributed by atoms with van der Waals surface area (Å²) in [5, 5.41) is 5.15. The first kappa shape index (κ1) is 17.0. The normalized spacial score (nSPS) is 13.5. The molecular formula is C20H22N2O3. The van der Waals surface area contributed by atoms with Gasteiger partial charge < -0.3 is 15.4 Å². The van der Waals surface area contributed by atoms with Gasteiger partial charge in [0.15, 0.2) is 0 Å². The van der Waals surface area contributed by atoms with Gasteiger partial charge in [0.25, 0.3) is 0 Å². The van der Waals surface area contributed by atoms with Crippen molar-refractivity contribution < 1.29 is 14.3 Å². The van der Waals surface area contributed by atoms with E-state index in [0.29, 0.717) is 6.42 Å². The number of hydrogen-bond donors (Lipinski definition) is 2. The second-order valence-electron chi connectivity index (χ2n) is 6.04. The van der Waals surface area contributed by atoms with Gasteiger partial charge in [-0.25, -0.2) is 4.79 Å². The molecule has 5 nitrogen and oxygen atoms in total. The number of ether oxygens (including phenoxy) is 1. The molecule has 0 spiro atoms. The topological polar surface area (TPSA) is 67.4 Å². The van der Waals surface area contributed by atoms with Crippen molar-refractivity contribution in [2.45, 2.75) is 25.3 Å².